The number of hydrogen-bond donors (Lipinski definition) is 2. The zero-order valence-electron chi connectivity index (χ0n) is 4.78. The molecule has 0 spiro atoms. The largest absolute Gasteiger partial charge is 0.317 e. The average Bonchev–Trinajstić information content (AvgIpc) is 1.90. The van der Waals surface area contributed by atoms with Crippen LogP contribution >= 0.6 is 0 Å². The van der Waals surface area contributed by atoms with E-state index in [-0.39, 0.29) is 6.04 Å². The molecule has 1 saturated heterocycles. The lowest BCUT2D eigenvalue weighted by atomic mass is 10.1. The molecule has 0 aromatic rings. The van der Waals surface area contributed by atoms with E-state index in [1.165, 1.54) is 0 Å². The molecule has 3 heteroatoms. The van der Waals surface area contributed by atoms with E-state index in [4.69, 9.17) is 0 Å². The maximum atomic E-state index is 11.6. The molecule has 1 aliphatic rings. The van der Waals surface area contributed by atoms with Crippen LogP contribution in [0.3, 0.4) is 0 Å². The second-order valence-electron chi connectivity index (χ2n) is 2.13. The van der Waals surface area contributed by atoms with Gasteiger partial charge in [-0.15, -0.1) is 4.48 Å². The van der Waals surface area contributed by atoms with Crippen LogP contribution in [0, 0.1) is 0 Å². The Balaban J connectivity index is 2.13. The van der Waals surface area contributed by atoms with Crippen LogP contribution in [0.25, 0.3) is 0 Å². The number of nitrogens with one attached hydrogen (secondary N) is 2. The summed E-state index contributed by atoms with van der Waals surface area (Å²) in [5.41, 5.74) is 1.76. The summed E-state index contributed by atoms with van der Waals surface area (Å²) >= 11 is 0. The molecular formula is C5H11FN2. The molecule has 48 valence electrons. The predicted octanol–water partition coefficient (Wildman–Crippen LogP) is 0.212. The Hall–Kier alpha value is -0.150. The number of halogens is 1. The summed E-state index contributed by atoms with van der Waals surface area (Å²) in [6.07, 6.45) is 1.83. The molecular weight excluding hydrogens is 107 g/mol. The summed E-state index contributed by atoms with van der Waals surface area (Å²) in [7, 11) is 0. The predicted molar refractivity (Wildman–Crippen MR) is 30.1 cm³/mol. The lowest BCUT2D eigenvalue weighted by molar-refractivity contribution is 0.232. The maximum Gasteiger partial charge on any atom is 0.0395 e. The third-order valence-corrected chi connectivity index (χ3v) is 1.49. The highest BCUT2D eigenvalue weighted by Gasteiger charge is 2.10. The van der Waals surface area contributed by atoms with Crippen LogP contribution in [0.2, 0.25) is 0 Å². The first kappa shape index (κ1) is 5.98. The monoisotopic (exact) mass is 118 g/mol. The quantitative estimate of drug-likeness (QED) is 0.481. The molecule has 0 aliphatic carbocycles. The van der Waals surface area contributed by atoms with Crippen molar-refractivity contribution < 1.29 is 4.48 Å². The van der Waals surface area contributed by atoms with E-state index in [2.05, 4.69) is 5.32 Å². The molecule has 1 rings (SSSR count). The molecule has 0 radical (unpaired) electrons. The summed E-state index contributed by atoms with van der Waals surface area (Å²) in [5.74, 6) is 0. The fourth-order valence-electron chi connectivity index (χ4n) is 0.931. The van der Waals surface area contributed by atoms with Crippen LogP contribution in [0.5, 0.6) is 0 Å². The van der Waals surface area contributed by atoms with Crippen LogP contribution in [0.4, 0.5) is 4.48 Å². The van der Waals surface area contributed by atoms with Gasteiger partial charge in [-0.25, -0.2) is 0 Å². The number of rotatable bonds is 1. The van der Waals surface area contributed by atoms with Crippen molar-refractivity contribution in [3.63, 3.8) is 0 Å². The molecule has 0 amide bonds. The second-order valence-corrected chi connectivity index (χ2v) is 2.13. The molecule has 8 heavy (non-hydrogen) atoms. The Morgan fingerprint density at radius 3 is 2.38 bits per heavy atom. The van der Waals surface area contributed by atoms with E-state index in [0.29, 0.717) is 0 Å². The molecule has 0 atom stereocenters. The van der Waals surface area contributed by atoms with E-state index >= 15 is 0 Å². The lowest BCUT2D eigenvalue weighted by Crippen LogP contribution is -2.36. The van der Waals surface area contributed by atoms with Gasteiger partial charge in [0.25, 0.3) is 0 Å². The summed E-state index contributed by atoms with van der Waals surface area (Å²) in [5, 5.41) is 3.14. The van der Waals surface area contributed by atoms with Crippen molar-refractivity contribution in [3.8, 4) is 0 Å². The fraction of sp³-hybridized carbons (Fsp3) is 1.00. The van der Waals surface area contributed by atoms with Gasteiger partial charge in [0.15, 0.2) is 0 Å². The van der Waals surface area contributed by atoms with Gasteiger partial charge in [0, 0.05) is 6.04 Å². The van der Waals surface area contributed by atoms with Gasteiger partial charge in [-0.05, 0) is 25.9 Å². The van der Waals surface area contributed by atoms with E-state index in [9.17, 15) is 4.48 Å². The minimum atomic E-state index is 0.108. The molecule has 2 N–H and O–H groups in total. The molecule has 1 aliphatic heterocycles. The highest BCUT2D eigenvalue weighted by Crippen LogP contribution is 2.00. The van der Waals surface area contributed by atoms with Crippen LogP contribution in [-0.4, -0.2) is 19.1 Å². The first-order valence-electron chi connectivity index (χ1n) is 3.00. The van der Waals surface area contributed by atoms with E-state index < -0.39 is 0 Å². The van der Waals surface area contributed by atoms with Crippen molar-refractivity contribution in [2.45, 2.75) is 18.9 Å². The third-order valence-electron chi connectivity index (χ3n) is 1.49. The SMILES string of the molecule is FNC1CCNCC1. The maximum absolute atomic E-state index is 11.6. The summed E-state index contributed by atoms with van der Waals surface area (Å²) < 4.78 is 11.6. The fourth-order valence-corrected chi connectivity index (χ4v) is 0.931. The Bertz CT molecular complexity index is 61.4. The van der Waals surface area contributed by atoms with Gasteiger partial charge in [0.2, 0.25) is 0 Å². The lowest BCUT2D eigenvalue weighted by Gasteiger charge is -2.19. The summed E-state index contributed by atoms with van der Waals surface area (Å²) in [4.78, 5) is 0. The van der Waals surface area contributed by atoms with Crippen molar-refractivity contribution >= 4 is 0 Å². The van der Waals surface area contributed by atoms with Gasteiger partial charge >= 0.3 is 0 Å². The van der Waals surface area contributed by atoms with Crippen molar-refractivity contribution in [2.24, 2.45) is 0 Å². The minimum absolute atomic E-state index is 0.108. The third kappa shape index (κ3) is 1.42. The van der Waals surface area contributed by atoms with Crippen LogP contribution in [0.1, 0.15) is 12.8 Å². The van der Waals surface area contributed by atoms with Crippen molar-refractivity contribution in [1.29, 1.82) is 0 Å². The van der Waals surface area contributed by atoms with Crippen LogP contribution < -0.4 is 10.9 Å². The Morgan fingerprint density at radius 1 is 1.38 bits per heavy atom. The van der Waals surface area contributed by atoms with Crippen molar-refractivity contribution in [1.82, 2.24) is 10.9 Å². The van der Waals surface area contributed by atoms with Gasteiger partial charge in [0.05, 0.1) is 0 Å². The highest BCUT2D eigenvalue weighted by molar-refractivity contribution is 4.70. The number of hydrogen-bond acceptors (Lipinski definition) is 2. The second kappa shape index (κ2) is 2.99. The van der Waals surface area contributed by atoms with Crippen LogP contribution in [0.15, 0.2) is 0 Å². The first-order valence-corrected chi connectivity index (χ1v) is 3.00. The van der Waals surface area contributed by atoms with E-state index in [1.54, 1.807) is 5.54 Å². The van der Waals surface area contributed by atoms with Gasteiger partial charge in [-0.2, -0.15) is 5.54 Å². The van der Waals surface area contributed by atoms with Gasteiger partial charge in [-0.3, -0.25) is 0 Å². The van der Waals surface area contributed by atoms with Gasteiger partial charge < -0.3 is 5.32 Å². The van der Waals surface area contributed by atoms with E-state index in [0.717, 1.165) is 25.9 Å². The normalized spacial score (nSPS) is 23.6. The van der Waals surface area contributed by atoms with Crippen LogP contribution in [-0.2, 0) is 0 Å². The molecule has 0 aromatic carbocycles. The molecule has 0 unspecified atom stereocenters. The first-order chi connectivity index (χ1) is 3.93. The zero-order chi connectivity index (χ0) is 5.82. The smallest absolute Gasteiger partial charge is 0.0395 e. The topological polar surface area (TPSA) is 24.1 Å². The number of piperidine rings is 1. The molecule has 0 bridgehead atoms. The Morgan fingerprint density at radius 2 is 2.00 bits per heavy atom. The Kier molecular flexibility index (Phi) is 2.24. The van der Waals surface area contributed by atoms with Crippen molar-refractivity contribution in [3.05, 3.63) is 0 Å². The summed E-state index contributed by atoms with van der Waals surface area (Å²) in [6.45, 7) is 1.89. The highest BCUT2D eigenvalue weighted by atomic mass is 19.2. The molecule has 0 saturated carbocycles. The van der Waals surface area contributed by atoms with Gasteiger partial charge in [0.1, 0.15) is 0 Å². The Labute approximate surface area is 48.4 Å². The van der Waals surface area contributed by atoms with E-state index in [1.807, 2.05) is 0 Å². The standard InChI is InChI=1S/C5H11FN2/c6-8-5-1-3-7-4-2-5/h5,7-8H,1-4H2. The van der Waals surface area contributed by atoms with Crippen molar-refractivity contribution in [2.75, 3.05) is 13.1 Å². The minimum Gasteiger partial charge on any atom is -0.317 e. The average molecular weight is 118 g/mol. The molecule has 2 nitrogen and oxygen atoms in total. The van der Waals surface area contributed by atoms with Gasteiger partial charge in [-0.1, -0.05) is 0 Å². The zero-order valence-corrected chi connectivity index (χ0v) is 4.78. The molecule has 1 fully saturated rings. The summed E-state index contributed by atoms with van der Waals surface area (Å²) in [6, 6.07) is 0.108. The molecule has 0 aromatic heterocycles. The molecule has 1 heterocycles.